The molecule has 148 valence electrons. The number of rotatable bonds is 5. The SMILES string of the molecule is Cl.Cl.O=C(CCNC1CCC2(CCNCC2)CC1)Nc1ccc(F)cc1. The first-order chi connectivity index (χ1) is 11.7. The fourth-order valence-corrected chi connectivity index (χ4v) is 4.04. The monoisotopic (exact) mass is 405 g/mol. The molecule has 7 heteroatoms. The first kappa shape index (κ1) is 23.2. The Bertz CT molecular complexity index is 540. The number of anilines is 1. The van der Waals surface area contributed by atoms with Crippen molar-refractivity contribution in [3.8, 4) is 0 Å². The van der Waals surface area contributed by atoms with E-state index in [9.17, 15) is 9.18 Å². The van der Waals surface area contributed by atoms with Crippen LogP contribution in [0.25, 0.3) is 0 Å². The van der Waals surface area contributed by atoms with E-state index < -0.39 is 0 Å². The molecule has 0 atom stereocenters. The van der Waals surface area contributed by atoms with Gasteiger partial charge in [-0.05, 0) is 81.3 Å². The Morgan fingerprint density at radius 1 is 1.08 bits per heavy atom. The first-order valence-corrected chi connectivity index (χ1v) is 9.15. The van der Waals surface area contributed by atoms with E-state index >= 15 is 0 Å². The van der Waals surface area contributed by atoms with Gasteiger partial charge in [0.1, 0.15) is 5.82 Å². The lowest BCUT2D eigenvalue weighted by Crippen LogP contribution is -2.43. The number of benzene rings is 1. The summed E-state index contributed by atoms with van der Waals surface area (Å²) in [7, 11) is 0. The van der Waals surface area contributed by atoms with Gasteiger partial charge in [-0.15, -0.1) is 24.8 Å². The molecule has 1 aliphatic carbocycles. The fourth-order valence-electron chi connectivity index (χ4n) is 4.04. The highest BCUT2D eigenvalue weighted by atomic mass is 35.5. The molecule has 26 heavy (non-hydrogen) atoms. The Morgan fingerprint density at radius 2 is 1.69 bits per heavy atom. The maximum Gasteiger partial charge on any atom is 0.225 e. The number of amides is 1. The van der Waals surface area contributed by atoms with E-state index in [0.29, 0.717) is 30.1 Å². The molecule has 3 rings (SSSR count). The minimum atomic E-state index is -0.293. The summed E-state index contributed by atoms with van der Waals surface area (Å²) in [5.41, 5.74) is 1.23. The summed E-state index contributed by atoms with van der Waals surface area (Å²) in [6.45, 7) is 3.04. The van der Waals surface area contributed by atoms with Crippen LogP contribution >= 0.6 is 24.8 Å². The van der Waals surface area contributed by atoms with Gasteiger partial charge in [0, 0.05) is 24.7 Å². The van der Waals surface area contributed by atoms with Gasteiger partial charge in [0.15, 0.2) is 0 Å². The number of halogens is 3. The summed E-state index contributed by atoms with van der Waals surface area (Å²) < 4.78 is 12.8. The largest absolute Gasteiger partial charge is 0.326 e. The molecule has 0 radical (unpaired) electrons. The number of piperidine rings is 1. The zero-order chi connectivity index (χ0) is 16.8. The van der Waals surface area contributed by atoms with Crippen molar-refractivity contribution in [3.05, 3.63) is 30.1 Å². The standard InChI is InChI=1S/C19H28FN3O.2ClH/c20-15-1-3-17(4-2-15)23-18(24)7-12-22-16-5-8-19(9-6-16)10-13-21-14-11-19;;/h1-4,16,21-22H,5-14H2,(H,23,24);2*1H. The van der Waals surface area contributed by atoms with Crippen LogP contribution in [0.2, 0.25) is 0 Å². The van der Waals surface area contributed by atoms with Crippen LogP contribution < -0.4 is 16.0 Å². The number of nitrogens with one attached hydrogen (secondary N) is 3. The van der Waals surface area contributed by atoms with E-state index in [4.69, 9.17) is 0 Å². The van der Waals surface area contributed by atoms with E-state index in [2.05, 4.69) is 16.0 Å². The van der Waals surface area contributed by atoms with Crippen LogP contribution in [-0.2, 0) is 4.79 Å². The average molecular weight is 406 g/mol. The van der Waals surface area contributed by atoms with Gasteiger partial charge >= 0.3 is 0 Å². The molecule has 0 bridgehead atoms. The first-order valence-electron chi connectivity index (χ1n) is 9.15. The lowest BCUT2D eigenvalue weighted by Gasteiger charge is -2.43. The Morgan fingerprint density at radius 3 is 2.31 bits per heavy atom. The lowest BCUT2D eigenvalue weighted by atomic mass is 9.67. The molecule has 1 saturated carbocycles. The summed E-state index contributed by atoms with van der Waals surface area (Å²) in [5.74, 6) is -0.321. The van der Waals surface area contributed by atoms with Crippen molar-refractivity contribution in [2.75, 3.05) is 25.0 Å². The third-order valence-corrected chi connectivity index (χ3v) is 5.62. The molecular formula is C19H30Cl2FN3O. The van der Waals surface area contributed by atoms with E-state index in [1.807, 2.05) is 0 Å². The molecular weight excluding hydrogens is 376 g/mol. The van der Waals surface area contributed by atoms with Gasteiger partial charge in [-0.1, -0.05) is 0 Å². The topological polar surface area (TPSA) is 53.2 Å². The van der Waals surface area contributed by atoms with Crippen LogP contribution in [0.4, 0.5) is 10.1 Å². The maximum absolute atomic E-state index is 12.8. The second kappa shape index (κ2) is 11.1. The molecule has 1 heterocycles. The molecule has 1 saturated heterocycles. The smallest absolute Gasteiger partial charge is 0.225 e. The van der Waals surface area contributed by atoms with Crippen molar-refractivity contribution < 1.29 is 9.18 Å². The van der Waals surface area contributed by atoms with E-state index in [0.717, 1.165) is 0 Å². The number of hydrogen-bond acceptors (Lipinski definition) is 3. The van der Waals surface area contributed by atoms with Gasteiger partial charge in [-0.3, -0.25) is 4.79 Å². The van der Waals surface area contributed by atoms with Crippen LogP contribution in [-0.4, -0.2) is 31.6 Å². The summed E-state index contributed by atoms with van der Waals surface area (Å²) in [6, 6.07) is 6.42. The zero-order valence-corrected chi connectivity index (χ0v) is 16.7. The zero-order valence-electron chi connectivity index (χ0n) is 15.1. The molecule has 2 fully saturated rings. The third-order valence-electron chi connectivity index (χ3n) is 5.62. The number of hydrogen-bond donors (Lipinski definition) is 3. The highest BCUT2D eigenvalue weighted by Gasteiger charge is 2.35. The second-order valence-electron chi connectivity index (χ2n) is 7.28. The molecule has 1 amide bonds. The van der Waals surface area contributed by atoms with Crippen LogP contribution in [0.15, 0.2) is 24.3 Å². The molecule has 2 aliphatic rings. The Kier molecular flexibility index (Phi) is 9.86. The summed E-state index contributed by atoms with van der Waals surface area (Å²) in [6.07, 6.45) is 8.16. The fraction of sp³-hybridized carbons (Fsp3) is 0.632. The molecule has 3 N–H and O–H groups in total. The quantitative estimate of drug-likeness (QED) is 0.695. The van der Waals surface area contributed by atoms with Crippen molar-refractivity contribution >= 4 is 36.4 Å². The predicted octanol–water partition coefficient (Wildman–Crippen LogP) is 3.90. The van der Waals surface area contributed by atoms with Crippen molar-refractivity contribution in [2.45, 2.75) is 51.0 Å². The maximum atomic E-state index is 12.8. The second-order valence-corrected chi connectivity index (χ2v) is 7.28. The summed E-state index contributed by atoms with van der Waals surface area (Å²) in [4.78, 5) is 11.9. The van der Waals surface area contributed by atoms with Gasteiger partial charge in [-0.25, -0.2) is 4.39 Å². The van der Waals surface area contributed by atoms with Gasteiger partial charge in [0.05, 0.1) is 0 Å². The van der Waals surface area contributed by atoms with Crippen molar-refractivity contribution in [1.82, 2.24) is 10.6 Å². The van der Waals surface area contributed by atoms with E-state index in [1.165, 1.54) is 63.7 Å². The van der Waals surface area contributed by atoms with Crippen molar-refractivity contribution in [1.29, 1.82) is 0 Å². The molecule has 1 aromatic carbocycles. The predicted molar refractivity (Wildman–Crippen MR) is 109 cm³/mol. The molecule has 1 aromatic rings. The van der Waals surface area contributed by atoms with E-state index in [1.54, 1.807) is 12.1 Å². The number of carbonyl (C=O) groups excluding carboxylic acids is 1. The highest BCUT2D eigenvalue weighted by Crippen LogP contribution is 2.43. The van der Waals surface area contributed by atoms with E-state index in [-0.39, 0.29) is 36.5 Å². The van der Waals surface area contributed by atoms with Gasteiger partial charge in [0.25, 0.3) is 0 Å². The Labute approximate surface area is 167 Å². The Balaban J connectivity index is 0.00000169. The van der Waals surface area contributed by atoms with Crippen LogP contribution in [0.3, 0.4) is 0 Å². The lowest BCUT2D eigenvalue weighted by molar-refractivity contribution is -0.116. The minimum Gasteiger partial charge on any atom is -0.326 e. The number of carbonyl (C=O) groups is 1. The van der Waals surface area contributed by atoms with Gasteiger partial charge < -0.3 is 16.0 Å². The average Bonchev–Trinajstić information content (AvgIpc) is 2.60. The summed E-state index contributed by atoms with van der Waals surface area (Å²) >= 11 is 0. The third kappa shape index (κ3) is 6.69. The molecule has 0 aromatic heterocycles. The van der Waals surface area contributed by atoms with Crippen LogP contribution in [0.5, 0.6) is 0 Å². The van der Waals surface area contributed by atoms with Crippen molar-refractivity contribution in [2.24, 2.45) is 5.41 Å². The van der Waals surface area contributed by atoms with Gasteiger partial charge in [0.2, 0.25) is 5.91 Å². The van der Waals surface area contributed by atoms with Crippen molar-refractivity contribution in [3.63, 3.8) is 0 Å². The molecule has 4 nitrogen and oxygen atoms in total. The molecule has 1 aliphatic heterocycles. The van der Waals surface area contributed by atoms with Gasteiger partial charge in [-0.2, -0.15) is 0 Å². The summed E-state index contributed by atoms with van der Waals surface area (Å²) in [5, 5.41) is 9.79. The molecule has 1 spiro atoms. The van der Waals surface area contributed by atoms with Crippen LogP contribution in [0, 0.1) is 11.2 Å². The minimum absolute atomic E-state index is 0. The molecule has 0 unspecified atom stereocenters. The normalized spacial score (nSPS) is 19.3. The van der Waals surface area contributed by atoms with Crippen LogP contribution in [0.1, 0.15) is 44.9 Å². The highest BCUT2D eigenvalue weighted by molar-refractivity contribution is 5.90. The Hall–Kier alpha value is -0.880.